The van der Waals surface area contributed by atoms with Crippen LogP contribution in [0.4, 0.5) is 0 Å². The number of rotatable bonds is 6. The summed E-state index contributed by atoms with van der Waals surface area (Å²) in [5, 5.41) is 3.37. The monoisotopic (exact) mass is 319 g/mol. The molecule has 1 unspecified atom stereocenters. The predicted octanol–water partition coefficient (Wildman–Crippen LogP) is 2.44. The van der Waals surface area contributed by atoms with E-state index in [4.69, 9.17) is 27.9 Å². The molecule has 1 aromatic rings. The van der Waals surface area contributed by atoms with Gasteiger partial charge in [0, 0.05) is 11.6 Å². The van der Waals surface area contributed by atoms with Crippen molar-refractivity contribution < 1.29 is 19.1 Å². The SMILES string of the molecule is COC(=O)CCNC(=O)C(C)Oc1ccc(Cl)cc1Cl. The second-order valence-corrected chi connectivity index (χ2v) is 4.80. The summed E-state index contributed by atoms with van der Waals surface area (Å²) in [5.74, 6) is -0.369. The lowest BCUT2D eigenvalue weighted by Gasteiger charge is -2.15. The quantitative estimate of drug-likeness (QED) is 0.818. The number of carbonyl (C=O) groups is 2. The van der Waals surface area contributed by atoms with Crippen molar-refractivity contribution >= 4 is 35.1 Å². The summed E-state index contributed by atoms with van der Waals surface area (Å²) >= 11 is 11.7. The molecule has 5 nitrogen and oxygen atoms in total. The molecule has 0 aromatic heterocycles. The number of halogens is 2. The van der Waals surface area contributed by atoms with Crippen LogP contribution in [0.2, 0.25) is 10.0 Å². The van der Waals surface area contributed by atoms with Crippen molar-refractivity contribution in [2.45, 2.75) is 19.4 Å². The maximum atomic E-state index is 11.7. The Balaban J connectivity index is 2.47. The summed E-state index contributed by atoms with van der Waals surface area (Å²) < 4.78 is 9.89. The smallest absolute Gasteiger partial charge is 0.307 e. The summed E-state index contributed by atoms with van der Waals surface area (Å²) in [7, 11) is 1.29. The average molecular weight is 320 g/mol. The van der Waals surface area contributed by atoms with E-state index in [1.54, 1.807) is 19.1 Å². The molecule has 0 fully saturated rings. The van der Waals surface area contributed by atoms with Crippen molar-refractivity contribution in [1.29, 1.82) is 0 Å². The van der Waals surface area contributed by atoms with E-state index in [1.165, 1.54) is 13.2 Å². The second kappa shape index (κ2) is 7.97. The fraction of sp³-hybridized carbons (Fsp3) is 0.385. The highest BCUT2D eigenvalue weighted by Gasteiger charge is 2.16. The molecular formula is C13H15Cl2NO4. The molecule has 0 saturated carbocycles. The van der Waals surface area contributed by atoms with Gasteiger partial charge in [-0.1, -0.05) is 23.2 Å². The van der Waals surface area contributed by atoms with Crippen molar-refractivity contribution in [2.75, 3.05) is 13.7 Å². The lowest BCUT2D eigenvalue weighted by atomic mass is 10.3. The molecule has 0 heterocycles. The van der Waals surface area contributed by atoms with Gasteiger partial charge in [-0.15, -0.1) is 0 Å². The maximum absolute atomic E-state index is 11.7. The summed E-state index contributed by atoms with van der Waals surface area (Å²) in [6.45, 7) is 1.77. The number of benzene rings is 1. The standard InChI is InChI=1S/C13H15Cl2NO4/c1-8(13(18)16-6-5-12(17)19-2)20-11-4-3-9(14)7-10(11)15/h3-4,7-8H,5-6H2,1-2H3,(H,16,18). The van der Waals surface area contributed by atoms with E-state index in [1.807, 2.05) is 0 Å². The predicted molar refractivity (Wildman–Crippen MR) is 76.2 cm³/mol. The molecule has 0 aliphatic heterocycles. The fourth-order valence-corrected chi connectivity index (χ4v) is 1.80. The minimum absolute atomic E-state index is 0.108. The lowest BCUT2D eigenvalue weighted by Crippen LogP contribution is -2.37. The minimum atomic E-state index is -0.744. The number of hydrogen-bond acceptors (Lipinski definition) is 4. The lowest BCUT2D eigenvalue weighted by molar-refractivity contribution is -0.140. The molecule has 1 atom stereocenters. The molecule has 0 aliphatic carbocycles. The van der Waals surface area contributed by atoms with Gasteiger partial charge in [0.05, 0.1) is 18.6 Å². The first-order valence-electron chi connectivity index (χ1n) is 5.90. The number of ether oxygens (including phenoxy) is 2. The molecule has 1 rings (SSSR count). The molecule has 0 aliphatic rings. The molecule has 20 heavy (non-hydrogen) atoms. The Morgan fingerprint density at radius 1 is 1.35 bits per heavy atom. The molecule has 1 amide bonds. The summed E-state index contributed by atoms with van der Waals surface area (Å²) in [6, 6.07) is 4.73. The van der Waals surface area contributed by atoms with Gasteiger partial charge in [0.25, 0.3) is 5.91 Å². The number of esters is 1. The number of nitrogens with one attached hydrogen (secondary N) is 1. The highest BCUT2D eigenvalue weighted by atomic mass is 35.5. The summed E-state index contributed by atoms with van der Waals surface area (Å²) in [4.78, 5) is 22.6. The Hall–Kier alpha value is -1.46. The van der Waals surface area contributed by atoms with Crippen LogP contribution in [0.25, 0.3) is 0 Å². The normalized spacial score (nSPS) is 11.6. The molecule has 0 spiro atoms. The van der Waals surface area contributed by atoms with Crippen LogP contribution < -0.4 is 10.1 Å². The van der Waals surface area contributed by atoms with E-state index in [0.29, 0.717) is 15.8 Å². The summed E-state index contributed by atoms with van der Waals surface area (Å²) in [6.07, 6.45) is -0.636. The van der Waals surface area contributed by atoms with Crippen molar-refractivity contribution in [3.05, 3.63) is 28.2 Å². The van der Waals surface area contributed by atoms with Crippen LogP contribution in [0.1, 0.15) is 13.3 Å². The minimum Gasteiger partial charge on any atom is -0.479 e. The highest BCUT2D eigenvalue weighted by molar-refractivity contribution is 6.35. The van der Waals surface area contributed by atoms with Gasteiger partial charge in [-0.2, -0.15) is 0 Å². The van der Waals surface area contributed by atoms with Gasteiger partial charge in [-0.25, -0.2) is 0 Å². The molecule has 1 aromatic carbocycles. The number of amides is 1. The van der Waals surface area contributed by atoms with Gasteiger partial charge in [0.15, 0.2) is 6.10 Å². The van der Waals surface area contributed by atoms with Crippen molar-refractivity contribution in [1.82, 2.24) is 5.32 Å². The molecule has 0 saturated heterocycles. The molecular weight excluding hydrogens is 305 g/mol. The van der Waals surface area contributed by atoms with Gasteiger partial charge in [-0.05, 0) is 25.1 Å². The molecule has 110 valence electrons. The number of hydrogen-bond donors (Lipinski definition) is 1. The van der Waals surface area contributed by atoms with Gasteiger partial charge < -0.3 is 14.8 Å². The van der Waals surface area contributed by atoms with Crippen molar-refractivity contribution in [3.63, 3.8) is 0 Å². The van der Waals surface area contributed by atoms with Crippen LogP contribution in [-0.2, 0) is 14.3 Å². The maximum Gasteiger partial charge on any atom is 0.307 e. The molecule has 7 heteroatoms. The first-order chi connectivity index (χ1) is 9.43. The van der Waals surface area contributed by atoms with Crippen molar-refractivity contribution in [2.24, 2.45) is 0 Å². The number of methoxy groups -OCH3 is 1. The third kappa shape index (κ3) is 5.27. The van der Waals surface area contributed by atoms with Gasteiger partial charge in [-0.3, -0.25) is 9.59 Å². The molecule has 0 bridgehead atoms. The fourth-order valence-electron chi connectivity index (χ4n) is 1.35. The van der Waals surface area contributed by atoms with Gasteiger partial charge in [0.2, 0.25) is 0 Å². The Morgan fingerprint density at radius 2 is 2.05 bits per heavy atom. The first kappa shape index (κ1) is 16.6. The van der Waals surface area contributed by atoms with Gasteiger partial charge in [0.1, 0.15) is 5.75 Å². The van der Waals surface area contributed by atoms with Crippen LogP contribution in [0.3, 0.4) is 0 Å². The largest absolute Gasteiger partial charge is 0.479 e. The first-order valence-corrected chi connectivity index (χ1v) is 6.66. The van der Waals surface area contributed by atoms with Crippen LogP contribution in [0.15, 0.2) is 18.2 Å². The third-order valence-electron chi connectivity index (χ3n) is 2.42. The zero-order valence-electron chi connectivity index (χ0n) is 11.1. The van der Waals surface area contributed by atoms with Crippen LogP contribution >= 0.6 is 23.2 Å². The van der Waals surface area contributed by atoms with Crippen LogP contribution in [-0.4, -0.2) is 31.6 Å². The van der Waals surface area contributed by atoms with E-state index >= 15 is 0 Å². The zero-order valence-corrected chi connectivity index (χ0v) is 12.6. The van der Waals surface area contributed by atoms with Crippen molar-refractivity contribution in [3.8, 4) is 5.75 Å². The van der Waals surface area contributed by atoms with E-state index < -0.39 is 6.10 Å². The van der Waals surface area contributed by atoms with E-state index in [2.05, 4.69) is 10.1 Å². The Morgan fingerprint density at radius 3 is 2.65 bits per heavy atom. The topological polar surface area (TPSA) is 64.6 Å². The zero-order chi connectivity index (χ0) is 15.1. The molecule has 1 N–H and O–H groups in total. The summed E-state index contributed by atoms with van der Waals surface area (Å²) in [5.41, 5.74) is 0. The number of carbonyl (C=O) groups excluding carboxylic acids is 2. The van der Waals surface area contributed by atoms with E-state index in [-0.39, 0.29) is 24.8 Å². The van der Waals surface area contributed by atoms with E-state index in [9.17, 15) is 9.59 Å². The highest BCUT2D eigenvalue weighted by Crippen LogP contribution is 2.28. The molecule has 0 radical (unpaired) electrons. The van der Waals surface area contributed by atoms with E-state index in [0.717, 1.165) is 0 Å². The van der Waals surface area contributed by atoms with Crippen LogP contribution in [0.5, 0.6) is 5.75 Å². The third-order valence-corrected chi connectivity index (χ3v) is 2.95. The second-order valence-electron chi connectivity index (χ2n) is 3.95. The van der Waals surface area contributed by atoms with Crippen LogP contribution in [0, 0.1) is 0 Å². The Bertz CT molecular complexity index is 493. The Kier molecular flexibility index (Phi) is 6.61. The average Bonchev–Trinajstić information content (AvgIpc) is 2.41. The van der Waals surface area contributed by atoms with Gasteiger partial charge >= 0.3 is 5.97 Å². The Labute approximate surface area is 127 Å².